The van der Waals surface area contributed by atoms with Crippen LogP contribution in [0.2, 0.25) is 0 Å². The average molecular weight is 244 g/mol. The summed E-state index contributed by atoms with van der Waals surface area (Å²) in [6.07, 6.45) is 1.78. The van der Waals surface area contributed by atoms with E-state index in [0.29, 0.717) is 17.4 Å². The fraction of sp³-hybridized carbons (Fsp3) is 0.214. The molecule has 94 valence electrons. The average Bonchev–Trinajstić information content (AvgIpc) is 2.65. The van der Waals surface area contributed by atoms with Gasteiger partial charge in [-0.25, -0.2) is 0 Å². The molecule has 2 aromatic rings. The van der Waals surface area contributed by atoms with Gasteiger partial charge in [0, 0.05) is 12.1 Å². The number of ether oxygens (including phenoxy) is 1. The van der Waals surface area contributed by atoms with Gasteiger partial charge in [-0.15, -0.1) is 0 Å². The lowest BCUT2D eigenvalue weighted by molar-refractivity contribution is 0.414. The summed E-state index contributed by atoms with van der Waals surface area (Å²) in [6.45, 7) is 6.33. The molecule has 0 spiro atoms. The van der Waals surface area contributed by atoms with Crippen LogP contribution in [0.1, 0.15) is 12.5 Å². The summed E-state index contributed by atoms with van der Waals surface area (Å²) in [6, 6.07) is 7.55. The van der Waals surface area contributed by atoms with Gasteiger partial charge in [-0.1, -0.05) is 24.8 Å². The van der Waals surface area contributed by atoms with Gasteiger partial charge in [0.25, 0.3) is 5.56 Å². The molecule has 0 aliphatic carbocycles. The quantitative estimate of drug-likeness (QED) is 0.852. The topological polar surface area (TPSA) is 47.0 Å². The minimum absolute atomic E-state index is 0.0617. The van der Waals surface area contributed by atoms with Gasteiger partial charge >= 0.3 is 0 Å². The van der Waals surface area contributed by atoms with Gasteiger partial charge in [-0.2, -0.15) is 0 Å². The molecule has 0 bridgehead atoms. The van der Waals surface area contributed by atoms with Gasteiger partial charge in [-0.3, -0.25) is 9.36 Å². The molecule has 0 atom stereocenters. The predicted octanol–water partition coefficient (Wildman–Crippen LogP) is 0.444. The van der Waals surface area contributed by atoms with Crippen LogP contribution in [0, 0.1) is 0 Å². The zero-order chi connectivity index (χ0) is 13.1. The number of nitrogens with one attached hydrogen (secondary N) is 1. The number of para-hydroxylation sites is 1. The molecule has 1 N–H and O–H groups in total. The van der Waals surface area contributed by atoms with E-state index < -0.39 is 0 Å². The van der Waals surface area contributed by atoms with Crippen molar-refractivity contribution in [3.8, 4) is 5.75 Å². The number of aromatic amines is 1. The van der Waals surface area contributed by atoms with E-state index in [1.54, 1.807) is 17.8 Å². The standard InChI is InChI=1S/C14H16N2O2/c1-4-16-10(2)15-12(14(16)17)9-11-7-5-6-8-13(11)18-3/h5-9,15H,2,4H2,1,3H3. The number of imidazole rings is 1. The highest BCUT2D eigenvalue weighted by atomic mass is 16.5. The molecule has 0 aliphatic rings. The highest BCUT2D eigenvalue weighted by Crippen LogP contribution is 2.17. The third kappa shape index (κ3) is 2.09. The molecule has 0 saturated carbocycles. The normalized spacial score (nSPS) is 11.8. The Kier molecular flexibility index (Phi) is 3.37. The minimum atomic E-state index is -0.0617. The Bertz CT molecular complexity index is 710. The van der Waals surface area contributed by atoms with E-state index in [1.807, 2.05) is 31.2 Å². The second kappa shape index (κ2) is 4.96. The third-order valence-corrected chi connectivity index (χ3v) is 2.84. The van der Waals surface area contributed by atoms with E-state index in [1.165, 1.54) is 0 Å². The number of nitrogens with zero attached hydrogens (tertiary/aromatic N) is 1. The zero-order valence-electron chi connectivity index (χ0n) is 10.6. The van der Waals surface area contributed by atoms with Crippen LogP contribution in [0.5, 0.6) is 5.75 Å². The predicted molar refractivity (Wildman–Crippen MR) is 72.1 cm³/mol. The molecule has 1 aromatic carbocycles. The Labute approximate surface area is 105 Å². The second-order valence-corrected chi connectivity index (χ2v) is 3.92. The Morgan fingerprint density at radius 1 is 1.44 bits per heavy atom. The summed E-state index contributed by atoms with van der Waals surface area (Å²) >= 11 is 0. The van der Waals surface area contributed by atoms with Gasteiger partial charge in [0.15, 0.2) is 0 Å². The van der Waals surface area contributed by atoms with Crippen molar-refractivity contribution in [3.05, 3.63) is 51.0 Å². The van der Waals surface area contributed by atoms with Crippen LogP contribution in [0.3, 0.4) is 0 Å². The van der Waals surface area contributed by atoms with Gasteiger partial charge < -0.3 is 9.72 Å². The van der Waals surface area contributed by atoms with Crippen LogP contribution < -0.4 is 21.1 Å². The highest BCUT2D eigenvalue weighted by Gasteiger charge is 2.02. The van der Waals surface area contributed by atoms with Crippen molar-refractivity contribution in [2.45, 2.75) is 13.5 Å². The van der Waals surface area contributed by atoms with E-state index in [4.69, 9.17) is 4.74 Å². The molecule has 0 radical (unpaired) electrons. The van der Waals surface area contributed by atoms with E-state index in [-0.39, 0.29) is 5.56 Å². The molecular weight excluding hydrogens is 228 g/mol. The first-order chi connectivity index (χ1) is 8.67. The number of aromatic nitrogens is 2. The molecule has 0 unspecified atom stereocenters. The summed E-state index contributed by atoms with van der Waals surface area (Å²) in [5, 5.41) is 0.520. The first-order valence-electron chi connectivity index (χ1n) is 5.80. The molecule has 0 amide bonds. The van der Waals surface area contributed by atoms with Crippen LogP contribution in [0.15, 0.2) is 29.1 Å². The number of methoxy groups -OCH3 is 1. The maximum atomic E-state index is 12.0. The lowest BCUT2D eigenvalue weighted by atomic mass is 10.2. The van der Waals surface area contributed by atoms with Gasteiger partial charge in [-0.05, 0) is 19.1 Å². The van der Waals surface area contributed by atoms with Crippen molar-refractivity contribution in [2.75, 3.05) is 7.11 Å². The number of hydrogen-bond donors (Lipinski definition) is 1. The fourth-order valence-corrected chi connectivity index (χ4v) is 1.92. The molecule has 4 nitrogen and oxygen atoms in total. The Hall–Kier alpha value is -2.23. The minimum Gasteiger partial charge on any atom is -0.496 e. The third-order valence-electron chi connectivity index (χ3n) is 2.84. The second-order valence-electron chi connectivity index (χ2n) is 3.92. The van der Waals surface area contributed by atoms with Crippen molar-refractivity contribution in [3.63, 3.8) is 0 Å². The Morgan fingerprint density at radius 3 is 2.78 bits per heavy atom. The van der Waals surface area contributed by atoms with Crippen molar-refractivity contribution < 1.29 is 4.74 Å². The van der Waals surface area contributed by atoms with Crippen molar-refractivity contribution in [1.82, 2.24) is 9.55 Å². The van der Waals surface area contributed by atoms with E-state index >= 15 is 0 Å². The summed E-state index contributed by atoms with van der Waals surface area (Å²) in [5.74, 6) is 0.736. The SMILES string of the molecule is C=c1[nH]c(=Cc2ccccc2OC)c(=O)n1CC. The zero-order valence-corrected chi connectivity index (χ0v) is 10.6. The maximum absolute atomic E-state index is 12.0. The van der Waals surface area contributed by atoms with Crippen LogP contribution in [0.4, 0.5) is 0 Å². The summed E-state index contributed by atoms with van der Waals surface area (Å²) in [7, 11) is 1.61. The first-order valence-corrected chi connectivity index (χ1v) is 5.80. The molecule has 18 heavy (non-hydrogen) atoms. The molecule has 1 heterocycles. The Morgan fingerprint density at radius 2 is 2.17 bits per heavy atom. The van der Waals surface area contributed by atoms with Gasteiger partial charge in [0.2, 0.25) is 0 Å². The van der Waals surface area contributed by atoms with Crippen LogP contribution in [-0.4, -0.2) is 16.7 Å². The highest BCUT2D eigenvalue weighted by molar-refractivity contribution is 5.56. The molecule has 2 rings (SSSR count). The lowest BCUT2D eigenvalue weighted by Crippen LogP contribution is -2.30. The monoisotopic (exact) mass is 244 g/mol. The van der Waals surface area contributed by atoms with E-state index in [2.05, 4.69) is 11.6 Å². The molecular formula is C14H16N2O2. The van der Waals surface area contributed by atoms with Crippen LogP contribution in [0.25, 0.3) is 12.7 Å². The maximum Gasteiger partial charge on any atom is 0.275 e. The largest absolute Gasteiger partial charge is 0.496 e. The van der Waals surface area contributed by atoms with Crippen molar-refractivity contribution >= 4 is 12.7 Å². The lowest BCUT2D eigenvalue weighted by Gasteiger charge is -2.02. The number of hydrogen-bond acceptors (Lipinski definition) is 2. The molecule has 0 aliphatic heterocycles. The van der Waals surface area contributed by atoms with Crippen LogP contribution in [-0.2, 0) is 6.54 Å². The molecule has 0 fully saturated rings. The Balaban J connectivity index is 2.65. The molecule has 4 heteroatoms. The first kappa shape index (κ1) is 12.2. The fourth-order valence-electron chi connectivity index (χ4n) is 1.92. The number of H-pyrrole nitrogens is 1. The smallest absolute Gasteiger partial charge is 0.275 e. The summed E-state index contributed by atoms with van der Waals surface area (Å²) in [4.78, 5) is 15.0. The summed E-state index contributed by atoms with van der Waals surface area (Å²) < 4.78 is 6.85. The summed E-state index contributed by atoms with van der Waals surface area (Å²) in [5.41, 5.74) is 1.42. The van der Waals surface area contributed by atoms with Crippen molar-refractivity contribution in [2.24, 2.45) is 0 Å². The van der Waals surface area contributed by atoms with E-state index in [0.717, 1.165) is 11.3 Å². The molecule has 1 aromatic heterocycles. The van der Waals surface area contributed by atoms with E-state index in [9.17, 15) is 4.79 Å². The number of benzene rings is 1. The van der Waals surface area contributed by atoms with Gasteiger partial charge in [0.05, 0.1) is 7.11 Å². The van der Waals surface area contributed by atoms with Gasteiger partial charge in [0.1, 0.15) is 16.6 Å². The molecule has 0 saturated heterocycles. The van der Waals surface area contributed by atoms with Crippen LogP contribution >= 0.6 is 0 Å². The van der Waals surface area contributed by atoms with Crippen molar-refractivity contribution in [1.29, 1.82) is 0 Å². The number of rotatable bonds is 3.